The molecule has 0 saturated carbocycles. The van der Waals surface area contributed by atoms with Crippen LogP contribution in [0, 0.1) is 0 Å². The molecule has 0 aliphatic heterocycles. The fourth-order valence-corrected chi connectivity index (χ4v) is 0.819. The molecule has 0 fully saturated rings. The topological polar surface area (TPSA) is 52.5 Å². The Morgan fingerprint density at radius 2 is 1.73 bits per heavy atom. The second kappa shape index (κ2) is 3.95. The first kappa shape index (κ1) is 8.04. The van der Waals surface area contributed by atoms with Crippen LogP contribution < -0.4 is 5.32 Å². The van der Waals surface area contributed by atoms with Crippen LogP contribution in [0.3, 0.4) is 0 Å². The van der Waals surface area contributed by atoms with Crippen molar-refractivity contribution in [1.29, 1.82) is 0 Å². The molecule has 3 N–H and O–H groups in total. The summed E-state index contributed by atoms with van der Waals surface area (Å²) in [4.78, 5) is 0. The maximum atomic E-state index is 8.69. The molecule has 1 rings (SSSR count). The van der Waals surface area contributed by atoms with Crippen LogP contribution in [-0.2, 0) is 6.61 Å². The molecule has 0 bridgehead atoms. The van der Waals surface area contributed by atoms with E-state index in [0.717, 1.165) is 11.3 Å². The molecule has 0 spiro atoms. The van der Waals surface area contributed by atoms with Crippen molar-refractivity contribution < 1.29 is 10.2 Å². The largest absolute Gasteiger partial charge is 0.392 e. The molecule has 1 aromatic carbocycles. The molecule has 3 nitrogen and oxygen atoms in total. The minimum absolute atomic E-state index is 0.0550. The molecule has 0 radical (unpaired) electrons. The molecule has 0 atom stereocenters. The van der Waals surface area contributed by atoms with E-state index < -0.39 is 0 Å². The Balaban J connectivity index is 2.66. The van der Waals surface area contributed by atoms with Gasteiger partial charge in [0.1, 0.15) is 6.73 Å². The van der Waals surface area contributed by atoms with Crippen molar-refractivity contribution in [3.8, 4) is 0 Å². The van der Waals surface area contributed by atoms with Gasteiger partial charge in [0.25, 0.3) is 0 Å². The Kier molecular flexibility index (Phi) is 2.89. The van der Waals surface area contributed by atoms with Crippen LogP contribution in [0.4, 0.5) is 5.69 Å². The SMILES string of the molecule is OCNc1ccc(CO)cc1. The zero-order chi connectivity index (χ0) is 8.10. The van der Waals surface area contributed by atoms with E-state index >= 15 is 0 Å². The van der Waals surface area contributed by atoms with E-state index in [9.17, 15) is 0 Å². The molecule has 11 heavy (non-hydrogen) atoms. The zero-order valence-corrected chi connectivity index (χ0v) is 6.12. The number of hydrogen-bond acceptors (Lipinski definition) is 3. The summed E-state index contributed by atoms with van der Waals surface area (Å²) in [5.41, 5.74) is 1.72. The molecule has 0 amide bonds. The van der Waals surface area contributed by atoms with E-state index in [0.29, 0.717) is 0 Å². The predicted molar refractivity (Wildman–Crippen MR) is 43.1 cm³/mol. The summed E-state index contributed by atoms with van der Waals surface area (Å²) in [7, 11) is 0. The summed E-state index contributed by atoms with van der Waals surface area (Å²) >= 11 is 0. The molecule has 0 aromatic heterocycles. The molecule has 60 valence electrons. The lowest BCUT2D eigenvalue weighted by Gasteiger charge is -2.02. The second-order valence-electron chi connectivity index (χ2n) is 2.19. The molecule has 0 heterocycles. The van der Waals surface area contributed by atoms with E-state index in [1.165, 1.54) is 0 Å². The summed E-state index contributed by atoms with van der Waals surface area (Å²) in [6.45, 7) is -0.0160. The Morgan fingerprint density at radius 1 is 1.09 bits per heavy atom. The van der Waals surface area contributed by atoms with Gasteiger partial charge in [-0.05, 0) is 17.7 Å². The van der Waals surface area contributed by atoms with Gasteiger partial charge in [-0.3, -0.25) is 0 Å². The number of benzene rings is 1. The van der Waals surface area contributed by atoms with Crippen LogP contribution >= 0.6 is 0 Å². The number of hydrogen-bond donors (Lipinski definition) is 3. The van der Waals surface area contributed by atoms with E-state index in [-0.39, 0.29) is 13.3 Å². The lowest BCUT2D eigenvalue weighted by Crippen LogP contribution is -1.98. The Hall–Kier alpha value is -1.06. The van der Waals surface area contributed by atoms with E-state index in [2.05, 4.69) is 5.32 Å². The Labute approximate surface area is 65.3 Å². The fraction of sp³-hybridized carbons (Fsp3) is 0.250. The number of aliphatic hydroxyl groups is 2. The van der Waals surface area contributed by atoms with Crippen LogP contribution in [0.15, 0.2) is 24.3 Å². The first-order valence-corrected chi connectivity index (χ1v) is 3.41. The highest BCUT2D eigenvalue weighted by molar-refractivity contribution is 5.43. The molecule has 0 aliphatic carbocycles. The van der Waals surface area contributed by atoms with E-state index in [4.69, 9.17) is 10.2 Å². The second-order valence-corrected chi connectivity index (χ2v) is 2.19. The lowest BCUT2D eigenvalue weighted by atomic mass is 10.2. The number of nitrogens with one attached hydrogen (secondary N) is 1. The third kappa shape index (κ3) is 2.22. The number of rotatable bonds is 3. The van der Waals surface area contributed by atoms with Crippen molar-refractivity contribution in [3.63, 3.8) is 0 Å². The Morgan fingerprint density at radius 3 is 2.18 bits per heavy atom. The summed E-state index contributed by atoms with van der Waals surface area (Å²) in [5.74, 6) is 0. The highest BCUT2D eigenvalue weighted by Gasteiger charge is 1.90. The standard InChI is InChI=1S/C8H11NO2/c10-5-7-1-3-8(4-2-7)9-6-11/h1-4,9-11H,5-6H2. The van der Waals surface area contributed by atoms with Gasteiger partial charge in [-0.15, -0.1) is 0 Å². The quantitative estimate of drug-likeness (QED) is 0.555. The Bertz CT molecular complexity index is 208. The van der Waals surface area contributed by atoms with Gasteiger partial charge >= 0.3 is 0 Å². The van der Waals surface area contributed by atoms with Gasteiger partial charge < -0.3 is 15.5 Å². The first-order valence-electron chi connectivity index (χ1n) is 3.41. The molecule has 3 heteroatoms. The van der Waals surface area contributed by atoms with Gasteiger partial charge in [0.2, 0.25) is 0 Å². The van der Waals surface area contributed by atoms with Gasteiger partial charge in [-0.1, -0.05) is 12.1 Å². The lowest BCUT2D eigenvalue weighted by molar-refractivity contribution is 0.282. The van der Waals surface area contributed by atoms with Gasteiger partial charge in [0.05, 0.1) is 6.61 Å². The highest BCUT2D eigenvalue weighted by atomic mass is 16.3. The third-order valence-electron chi connectivity index (χ3n) is 1.42. The third-order valence-corrected chi connectivity index (χ3v) is 1.42. The van der Waals surface area contributed by atoms with Crippen LogP contribution in [0.25, 0.3) is 0 Å². The summed E-state index contributed by atoms with van der Waals surface area (Å²) in [6, 6.07) is 7.22. The van der Waals surface area contributed by atoms with Crippen LogP contribution in [0.5, 0.6) is 0 Å². The average molecular weight is 153 g/mol. The maximum Gasteiger partial charge on any atom is 0.113 e. The number of anilines is 1. The normalized spacial score (nSPS) is 9.64. The predicted octanol–water partition coefficient (Wildman–Crippen LogP) is 0.541. The summed E-state index contributed by atoms with van der Waals surface area (Å²) in [6.07, 6.45) is 0. The molecular weight excluding hydrogens is 142 g/mol. The molecular formula is C8H11NO2. The van der Waals surface area contributed by atoms with Gasteiger partial charge in [0.15, 0.2) is 0 Å². The van der Waals surface area contributed by atoms with Crippen LogP contribution in [0.2, 0.25) is 0 Å². The molecule has 0 aliphatic rings. The molecule has 1 aromatic rings. The molecule has 0 unspecified atom stereocenters. The van der Waals surface area contributed by atoms with Crippen LogP contribution in [0.1, 0.15) is 5.56 Å². The summed E-state index contributed by atoms with van der Waals surface area (Å²) < 4.78 is 0. The van der Waals surface area contributed by atoms with Crippen LogP contribution in [-0.4, -0.2) is 16.9 Å². The van der Waals surface area contributed by atoms with Crippen molar-refractivity contribution in [3.05, 3.63) is 29.8 Å². The maximum absolute atomic E-state index is 8.69. The first-order chi connectivity index (χ1) is 5.36. The van der Waals surface area contributed by atoms with E-state index in [1.54, 1.807) is 12.1 Å². The van der Waals surface area contributed by atoms with Crippen molar-refractivity contribution in [2.24, 2.45) is 0 Å². The van der Waals surface area contributed by atoms with Crippen molar-refractivity contribution in [2.75, 3.05) is 12.0 Å². The van der Waals surface area contributed by atoms with Gasteiger partial charge in [0, 0.05) is 5.69 Å². The highest BCUT2D eigenvalue weighted by Crippen LogP contribution is 2.08. The zero-order valence-electron chi connectivity index (χ0n) is 6.12. The fourth-order valence-electron chi connectivity index (χ4n) is 0.819. The van der Waals surface area contributed by atoms with E-state index in [1.807, 2.05) is 12.1 Å². The summed E-state index contributed by atoms with van der Waals surface area (Å²) in [5, 5.41) is 19.9. The average Bonchev–Trinajstić information content (AvgIpc) is 2.07. The van der Waals surface area contributed by atoms with Crippen molar-refractivity contribution >= 4 is 5.69 Å². The van der Waals surface area contributed by atoms with Gasteiger partial charge in [-0.25, -0.2) is 0 Å². The molecule has 0 saturated heterocycles. The van der Waals surface area contributed by atoms with Crippen molar-refractivity contribution in [2.45, 2.75) is 6.61 Å². The number of aliphatic hydroxyl groups excluding tert-OH is 2. The smallest absolute Gasteiger partial charge is 0.113 e. The minimum atomic E-state index is -0.0710. The monoisotopic (exact) mass is 153 g/mol. The van der Waals surface area contributed by atoms with Crippen molar-refractivity contribution in [1.82, 2.24) is 0 Å². The minimum Gasteiger partial charge on any atom is -0.392 e. The van der Waals surface area contributed by atoms with Gasteiger partial charge in [-0.2, -0.15) is 0 Å².